The van der Waals surface area contributed by atoms with Crippen LogP contribution in [0.2, 0.25) is 0 Å². The van der Waals surface area contributed by atoms with Gasteiger partial charge in [0.2, 0.25) is 0 Å². The number of rotatable bonds is 4. The summed E-state index contributed by atoms with van der Waals surface area (Å²) in [6, 6.07) is 11.4. The third kappa shape index (κ3) is 4.04. The number of nitrogens with one attached hydrogen (secondary N) is 1. The van der Waals surface area contributed by atoms with Crippen LogP contribution in [0, 0.1) is 0 Å². The predicted octanol–water partition coefficient (Wildman–Crippen LogP) is 3.85. The Morgan fingerprint density at radius 1 is 1.08 bits per heavy atom. The van der Waals surface area contributed by atoms with Crippen LogP contribution in [0.3, 0.4) is 0 Å². The van der Waals surface area contributed by atoms with Crippen LogP contribution in [0.1, 0.15) is 36.2 Å². The summed E-state index contributed by atoms with van der Waals surface area (Å²) in [5.74, 6) is 0.825. The number of hydrogen-bond acceptors (Lipinski definition) is 4. The summed E-state index contributed by atoms with van der Waals surface area (Å²) in [5, 5.41) is 3.27. The van der Waals surface area contributed by atoms with Gasteiger partial charge in [-0.3, -0.25) is 4.79 Å². The summed E-state index contributed by atoms with van der Waals surface area (Å²) < 4.78 is 5.21. The maximum atomic E-state index is 12.5. The summed E-state index contributed by atoms with van der Waals surface area (Å²) in [7, 11) is 1.64. The normalized spacial score (nSPS) is 14.8. The van der Waals surface area contributed by atoms with E-state index in [1.165, 1.54) is 12.8 Å². The number of aromatic nitrogens is 1. The largest absolute Gasteiger partial charge is 0.497 e. The van der Waals surface area contributed by atoms with Gasteiger partial charge < -0.3 is 15.0 Å². The highest BCUT2D eigenvalue weighted by atomic mass is 16.5. The Morgan fingerprint density at radius 3 is 2.54 bits per heavy atom. The topological polar surface area (TPSA) is 54.5 Å². The van der Waals surface area contributed by atoms with Gasteiger partial charge in [0.25, 0.3) is 5.91 Å². The van der Waals surface area contributed by atoms with Crippen molar-refractivity contribution in [1.29, 1.82) is 0 Å². The number of anilines is 2. The van der Waals surface area contributed by atoms with E-state index in [0.717, 1.165) is 43.1 Å². The molecule has 126 valence electrons. The molecule has 2 aromatic rings. The molecule has 1 N–H and O–H groups in total. The van der Waals surface area contributed by atoms with E-state index in [-0.39, 0.29) is 5.91 Å². The highest BCUT2D eigenvalue weighted by Gasteiger charge is 2.18. The molecule has 1 amide bonds. The van der Waals surface area contributed by atoms with Crippen LogP contribution in [0.4, 0.5) is 11.4 Å². The average molecular weight is 325 g/mol. The quantitative estimate of drug-likeness (QED) is 0.927. The molecule has 5 nitrogen and oxygen atoms in total. The highest BCUT2D eigenvalue weighted by Crippen LogP contribution is 2.21. The lowest BCUT2D eigenvalue weighted by Crippen LogP contribution is -2.32. The molecule has 0 bridgehead atoms. The second-order valence-corrected chi connectivity index (χ2v) is 6.00. The molecular weight excluding hydrogens is 302 g/mol. The molecule has 0 atom stereocenters. The third-order valence-corrected chi connectivity index (χ3v) is 4.23. The zero-order valence-electron chi connectivity index (χ0n) is 14.0. The van der Waals surface area contributed by atoms with Gasteiger partial charge in [-0.1, -0.05) is 18.9 Å². The molecule has 0 aliphatic carbocycles. The molecule has 1 aromatic heterocycles. The minimum atomic E-state index is 0.0323. The van der Waals surface area contributed by atoms with Crippen LogP contribution in [-0.2, 0) is 0 Å². The first-order chi connectivity index (χ1) is 11.8. The van der Waals surface area contributed by atoms with Crippen molar-refractivity contribution in [2.75, 3.05) is 25.5 Å². The van der Waals surface area contributed by atoms with Crippen molar-refractivity contribution in [3.63, 3.8) is 0 Å². The number of hydrogen-bond donors (Lipinski definition) is 1. The zero-order chi connectivity index (χ0) is 16.8. The van der Waals surface area contributed by atoms with Gasteiger partial charge in [0.05, 0.1) is 19.0 Å². The number of benzene rings is 1. The molecule has 1 saturated heterocycles. The SMILES string of the molecule is COc1cccc(Nc2ccc(C(=O)N3CCCCCC3)nc2)c1. The van der Waals surface area contributed by atoms with Crippen molar-refractivity contribution in [3.8, 4) is 5.75 Å². The van der Waals surface area contributed by atoms with E-state index in [2.05, 4.69) is 10.3 Å². The Morgan fingerprint density at radius 2 is 1.88 bits per heavy atom. The van der Waals surface area contributed by atoms with Gasteiger partial charge in [-0.05, 0) is 37.1 Å². The molecule has 5 heteroatoms. The van der Waals surface area contributed by atoms with Crippen LogP contribution in [0.5, 0.6) is 5.75 Å². The number of nitrogens with zero attached hydrogens (tertiary/aromatic N) is 2. The third-order valence-electron chi connectivity index (χ3n) is 4.23. The first-order valence-electron chi connectivity index (χ1n) is 8.43. The average Bonchev–Trinajstić information content (AvgIpc) is 2.91. The number of amides is 1. The Balaban J connectivity index is 1.67. The number of carbonyl (C=O) groups is 1. The Bertz CT molecular complexity index is 677. The second kappa shape index (κ2) is 7.81. The van der Waals surface area contributed by atoms with Crippen molar-refractivity contribution in [2.24, 2.45) is 0 Å². The molecule has 0 spiro atoms. The van der Waals surface area contributed by atoms with Crippen LogP contribution in [0.15, 0.2) is 42.6 Å². The summed E-state index contributed by atoms with van der Waals surface area (Å²) in [6.07, 6.45) is 6.29. The summed E-state index contributed by atoms with van der Waals surface area (Å²) in [4.78, 5) is 18.8. The maximum Gasteiger partial charge on any atom is 0.272 e. The van der Waals surface area contributed by atoms with Gasteiger partial charge in [-0.15, -0.1) is 0 Å². The van der Waals surface area contributed by atoms with Crippen molar-refractivity contribution in [2.45, 2.75) is 25.7 Å². The molecule has 2 heterocycles. The lowest BCUT2D eigenvalue weighted by Gasteiger charge is -2.19. The van der Waals surface area contributed by atoms with E-state index in [9.17, 15) is 4.79 Å². The Kier molecular flexibility index (Phi) is 5.31. The van der Waals surface area contributed by atoms with Crippen molar-refractivity contribution in [1.82, 2.24) is 9.88 Å². The van der Waals surface area contributed by atoms with Crippen LogP contribution in [0.25, 0.3) is 0 Å². The van der Waals surface area contributed by atoms with E-state index in [0.29, 0.717) is 5.69 Å². The first kappa shape index (κ1) is 16.3. The van der Waals surface area contributed by atoms with Gasteiger partial charge >= 0.3 is 0 Å². The minimum absolute atomic E-state index is 0.0323. The maximum absolute atomic E-state index is 12.5. The van der Waals surface area contributed by atoms with E-state index in [4.69, 9.17) is 4.74 Å². The van der Waals surface area contributed by atoms with E-state index >= 15 is 0 Å². The lowest BCUT2D eigenvalue weighted by molar-refractivity contribution is 0.0756. The van der Waals surface area contributed by atoms with Crippen molar-refractivity contribution >= 4 is 17.3 Å². The first-order valence-corrected chi connectivity index (χ1v) is 8.43. The second-order valence-electron chi connectivity index (χ2n) is 6.00. The molecule has 1 aliphatic heterocycles. The highest BCUT2D eigenvalue weighted by molar-refractivity contribution is 5.92. The summed E-state index contributed by atoms with van der Waals surface area (Å²) in [6.45, 7) is 1.68. The van der Waals surface area contributed by atoms with Gasteiger partial charge in [0, 0.05) is 24.8 Å². The molecule has 0 saturated carbocycles. The van der Waals surface area contributed by atoms with Crippen LogP contribution in [-0.4, -0.2) is 36.0 Å². The molecule has 1 aromatic carbocycles. The van der Waals surface area contributed by atoms with Crippen molar-refractivity contribution < 1.29 is 9.53 Å². The molecule has 3 rings (SSSR count). The van der Waals surface area contributed by atoms with E-state index < -0.39 is 0 Å². The fourth-order valence-electron chi connectivity index (χ4n) is 2.90. The van der Waals surface area contributed by atoms with E-state index in [1.54, 1.807) is 19.4 Å². The van der Waals surface area contributed by atoms with Gasteiger partial charge in [-0.2, -0.15) is 0 Å². The zero-order valence-corrected chi connectivity index (χ0v) is 14.0. The molecular formula is C19H23N3O2. The summed E-state index contributed by atoms with van der Waals surface area (Å²) in [5.41, 5.74) is 2.27. The summed E-state index contributed by atoms with van der Waals surface area (Å²) >= 11 is 0. The number of methoxy groups -OCH3 is 1. The number of carbonyl (C=O) groups excluding carboxylic acids is 1. The number of pyridine rings is 1. The molecule has 1 aliphatic rings. The van der Waals surface area contributed by atoms with E-state index in [1.807, 2.05) is 35.2 Å². The van der Waals surface area contributed by atoms with Crippen molar-refractivity contribution in [3.05, 3.63) is 48.3 Å². The number of ether oxygens (including phenoxy) is 1. The molecule has 0 radical (unpaired) electrons. The fraction of sp³-hybridized carbons (Fsp3) is 0.368. The van der Waals surface area contributed by atoms with Crippen LogP contribution < -0.4 is 10.1 Å². The smallest absolute Gasteiger partial charge is 0.272 e. The molecule has 24 heavy (non-hydrogen) atoms. The minimum Gasteiger partial charge on any atom is -0.497 e. The standard InChI is InChI=1S/C19H23N3O2/c1-24-17-8-6-7-15(13-17)21-16-9-10-18(20-14-16)19(23)22-11-4-2-3-5-12-22/h6-10,13-14,21H,2-5,11-12H2,1H3. The van der Waals surface area contributed by atoms with Gasteiger partial charge in [0.1, 0.15) is 11.4 Å². The molecule has 1 fully saturated rings. The number of likely N-dealkylation sites (tertiary alicyclic amines) is 1. The Hall–Kier alpha value is -2.56. The fourth-order valence-corrected chi connectivity index (χ4v) is 2.90. The van der Waals surface area contributed by atoms with Gasteiger partial charge in [0.15, 0.2) is 0 Å². The molecule has 0 unspecified atom stereocenters. The van der Waals surface area contributed by atoms with Crippen LogP contribution >= 0.6 is 0 Å². The Labute approximate surface area is 142 Å². The predicted molar refractivity (Wildman–Crippen MR) is 94.9 cm³/mol. The monoisotopic (exact) mass is 325 g/mol. The lowest BCUT2D eigenvalue weighted by atomic mass is 10.2. The van der Waals surface area contributed by atoms with Gasteiger partial charge in [-0.25, -0.2) is 4.98 Å².